The molecule has 0 saturated carbocycles. The first-order valence-electron chi connectivity index (χ1n) is 14.7. The SMILES string of the molecule is CC1(C)c2ccccc2-c2ccc(-c3nc(-c4cccc5c6c(ccc45)-c4ccccc4C6)c4ccccc4n3)cc21. The van der Waals surface area contributed by atoms with Crippen LogP contribution in [0.5, 0.6) is 0 Å². The molecule has 0 unspecified atom stereocenters. The molecule has 0 amide bonds. The van der Waals surface area contributed by atoms with Crippen LogP contribution >= 0.6 is 0 Å². The number of fused-ring (bicyclic) bond motifs is 9. The zero-order valence-corrected chi connectivity index (χ0v) is 23.6. The lowest BCUT2D eigenvalue weighted by Gasteiger charge is -2.22. The predicted octanol–water partition coefficient (Wildman–Crippen LogP) is 9.99. The maximum atomic E-state index is 5.34. The predicted molar refractivity (Wildman–Crippen MR) is 174 cm³/mol. The van der Waals surface area contributed by atoms with Gasteiger partial charge in [-0.1, -0.05) is 123 Å². The summed E-state index contributed by atoms with van der Waals surface area (Å²) in [6.45, 7) is 4.64. The van der Waals surface area contributed by atoms with Gasteiger partial charge in [0.15, 0.2) is 5.82 Å². The van der Waals surface area contributed by atoms with Gasteiger partial charge in [-0.15, -0.1) is 0 Å². The Hall–Kier alpha value is -5.08. The van der Waals surface area contributed by atoms with Crippen molar-refractivity contribution < 1.29 is 0 Å². The van der Waals surface area contributed by atoms with Crippen LogP contribution in [-0.4, -0.2) is 9.97 Å². The molecule has 2 aliphatic rings. The average Bonchev–Trinajstić information content (AvgIpc) is 3.53. The van der Waals surface area contributed by atoms with Crippen LogP contribution < -0.4 is 0 Å². The fourth-order valence-corrected chi connectivity index (χ4v) is 7.45. The van der Waals surface area contributed by atoms with Crippen molar-refractivity contribution in [3.63, 3.8) is 0 Å². The monoisotopic (exact) mass is 536 g/mol. The Labute approximate surface area is 245 Å². The van der Waals surface area contributed by atoms with E-state index >= 15 is 0 Å². The molecular weight excluding hydrogens is 508 g/mol. The summed E-state index contributed by atoms with van der Waals surface area (Å²) in [4.78, 5) is 10.4. The van der Waals surface area contributed by atoms with Gasteiger partial charge in [-0.2, -0.15) is 0 Å². The van der Waals surface area contributed by atoms with Crippen molar-refractivity contribution in [3.8, 4) is 44.9 Å². The van der Waals surface area contributed by atoms with Gasteiger partial charge >= 0.3 is 0 Å². The molecule has 1 heterocycles. The largest absolute Gasteiger partial charge is 0.228 e. The van der Waals surface area contributed by atoms with Gasteiger partial charge in [0, 0.05) is 21.9 Å². The summed E-state index contributed by atoms with van der Waals surface area (Å²) in [7, 11) is 0. The van der Waals surface area contributed by atoms with Crippen molar-refractivity contribution in [2.24, 2.45) is 0 Å². The molecule has 1 aromatic heterocycles. The zero-order valence-electron chi connectivity index (χ0n) is 23.6. The van der Waals surface area contributed by atoms with E-state index in [1.54, 1.807) is 0 Å². The van der Waals surface area contributed by atoms with Crippen LogP contribution in [-0.2, 0) is 11.8 Å². The Bertz CT molecular complexity index is 2260. The number of nitrogens with zero attached hydrogens (tertiary/aromatic N) is 2. The number of benzene rings is 6. The first-order valence-corrected chi connectivity index (χ1v) is 14.7. The molecule has 0 fully saturated rings. The molecule has 0 atom stereocenters. The van der Waals surface area contributed by atoms with Gasteiger partial charge in [-0.05, 0) is 73.8 Å². The molecule has 2 nitrogen and oxygen atoms in total. The van der Waals surface area contributed by atoms with Crippen LogP contribution in [0.15, 0.2) is 121 Å². The molecule has 0 saturated heterocycles. The second-order valence-corrected chi connectivity index (χ2v) is 12.2. The van der Waals surface area contributed by atoms with E-state index in [0.717, 1.165) is 40.0 Å². The van der Waals surface area contributed by atoms with Gasteiger partial charge in [0.05, 0.1) is 11.2 Å². The quantitative estimate of drug-likeness (QED) is 0.220. The number of para-hydroxylation sites is 1. The molecule has 9 rings (SSSR count). The van der Waals surface area contributed by atoms with E-state index in [-0.39, 0.29) is 5.41 Å². The molecule has 0 radical (unpaired) electrons. The summed E-state index contributed by atoms with van der Waals surface area (Å²) in [5, 5.41) is 3.62. The normalized spacial score (nSPS) is 14.0. The molecule has 2 aliphatic carbocycles. The Balaban J connectivity index is 1.25. The number of hydrogen-bond acceptors (Lipinski definition) is 2. The number of hydrogen-bond donors (Lipinski definition) is 0. The van der Waals surface area contributed by atoms with Gasteiger partial charge in [0.25, 0.3) is 0 Å². The minimum Gasteiger partial charge on any atom is -0.228 e. The van der Waals surface area contributed by atoms with Gasteiger partial charge in [-0.25, -0.2) is 9.97 Å². The fourth-order valence-electron chi connectivity index (χ4n) is 7.45. The van der Waals surface area contributed by atoms with Crippen molar-refractivity contribution in [2.75, 3.05) is 0 Å². The van der Waals surface area contributed by atoms with Crippen LogP contribution in [0.3, 0.4) is 0 Å². The first kappa shape index (κ1) is 23.6. The molecule has 2 heteroatoms. The van der Waals surface area contributed by atoms with Crippen LogP contribution in [0.25, 0.3) is 66.6 Å². The minimum absolute atomic E-state index is 0.0742. The third-order valence-electron chi connectivity index (χ3n) is 9.55. The highest BCUT2D eigenvalue weighted by atomic mass is 14.9. The van der Waals surface area contributed by atoms with E-state index in [9.17, 15) is 0 Å². The van der Waals surface area contributed by atoms with Gasteiger partial charge in [0.1, 0.15) is 0 Å². The maximum absolute atomic E-state index is 5.34. The van der Waals surface area contributed by atoms with Crippen LogP contribution in [0, 0.1) is 0 Å². The van der Waals surface area contributed by atoms with E-state index in [1.807, 2.05) is 0 Å². The highest BCUT2D eigenvalue weighted by Gasteiger charge is 2.35. The third-order valence-corrected chi connectivity index (χ3v) is 9.55. The standard InChI is InChI=1S/C40H28N2/c1-40(2)35-16-7-5-12-30(35)31-19-18-25(23-36(31)40)39-41-37-17-8-6-13-33(37)38(42-39)32-15-9-14-27-29(32)21-20-28-26-11-4-3-10-24(26)22-34(27)28/h3-21,23H,22H2,1-2H3. The van der Waals surface area contributed by atoms with Crippen molar-refractivity contribution >= 4 is 21.7 Å². The maximum Gasteiger partial charge on any atom is 0.160 e. The molecule has 42 heavy (non-hydrogen) atoms. The van der Waals surface area contributed by atoms with Gasteiger partial charge in [0.2, 0.25) is 0 Å². The first-order chi connectivity index (χ1) is 20.6. The number of aromatic nitrogens is 2. The summed E-state index contributed by atoms with van der Waals surface area (Å²) in [5.74, 6) is 0.767. The minimum atomic E-state index is -0.0742. The molecule has 198 valence electrons. The molecule has 0 spiro atoms. The molecule has 0 bridgehead atoms. The summed E-state index contributed by atoms with van der Waals surface area (Å²) >= 11 is 0. The van der Waals surface area contributed by atoms with E-state index in [2.05, 4.69) is 135 Å². The smallest absolute Gasteiger partial charge is 0.160 e. The highest BCUT2D eigenvalue weighted by molar-refractivity contribution is 6.07. The van der Waals surface area contributed by atoms with E-state index in [4.69, 9.17) is 9.97 Å². The summed E-state index contributed by atoms with van der Waals surface area (Å²) in [5.41, 5.74) is 15.0. The highest BCUT2D eigenvalue weighted by Crippen LogP contribution is 2.49. The Morgan fingerprint density at radius 1 is 0.524 bits per heavy atom. The van der Waals surface area contributed by atoms with E-state index in [1.165, 1.54) is 55.3 Å². The fraction of sp³-hybridized carbons (Fsp3) is 0.100. The van der Waals surface area contributed by atoms with Crippen molar-refractivity contribution in [1.82, 2.24) is 9.97 Å². The van der Waals surface area contributed by atoms with E-state index < -0.39 is 0 Å². The lowest BCUT2D eigenvalue weighted by molar-refractivity contribution is 0.660. The molecule has 0 N–H and O–H groups in total. The second-order valence-electron chi connectivity index (χ2n) is 12.2. The molecule has 0 aliphatic heterocycles. The Kier molecular flexibility index (Phi) is 4.76. The van der Waals surface area contributed by atoms with E-state index in [0.29, 0.717) is 0 Å². The van der Waals surface area contributed by atoms with Gasteiger partial charge < -0.3 is 0 Å². The Morgan fingerprint density at radius 3 is 2.17 bits per heavy atom. The van der Waals surface area contributed by atoms with Gasteiger partial charge in [-0.3, -0.25) is 0 Å². The summed E-state index contributed by atoms with van der Waals surface area (Å²) in [6, 6.07) is 44.0. The van der Waals surface area contributed by atoms with Crippen molar-refractivity contribution in [2.45, 2.75) is 25.7 Å². The molecular formula is C40H28N2. The second kappa shape index (κ2) is 8.47. The van der Waals surface area contributed by atoms with Crippen LogP contribution in [0.4, 0.5) is 0 Å². The molecule has 6 aromatic carbocycles. The topological polar surface area (TPSA) is 25.8 Å². The van der Waals surface area contributed by atoms with Crippen LogP contribution in [0.1, 0.15) is 36.1 Å². The third kappa shape index (κ3) is 3.21. The lowest BCUT2D eigenvalue weighted by Crippen LogP contribution is -2.15. The van der Waals surface area contributed by atoms with Crippen LogP contribution in [0.2, 0.25) is 0 Å². The Morgan fingerprint density at radius 2 is 1.24 bits per heavy atom. The van der Waals surface area contributed by atoms with Crippen molar-refractivity contribution in [1.29, 1.82) is 0 Å². The zero-order chi connectivity index (χ0) is 28.0. The lowest BCUT2D eigenvalue weighted by atomic mass is 9.82. The average molecular weight is 537 g/mol. The summed E-state index contributed by atoms with van der Waals surface area (Å²) < 4.78 is 0. The summed E-state index contributed by atoms with van der Waals surface area (Å²) in [6.07, 6.45) is 0.968. The number of rotatable bonds is 2. The molecule has 7 aromatic rings. The van der Waals surface area contributed by atoms with Crippen molar-refractivity contribution in [3.05, 3.63) is 144 Å².